The molecule has 1 aliphatic heterocycles. The predicted octanol–water partition coefficient (Wildman–Crippen LogP) is 4.37. The molecule has 7 nitrogen and oxygen atoms in total. The number of aromatic amines is 1. The number of aliphatic hydroxyl groups excluding tert-OH is 1. The van der Waals surface area contributed by atoms with Crippen LogP contribution in [0.15, 0.2) is 77.3 Å². The molecule has 0 radical (unpaired) electrons. The predicted molar refractivity (Wildman–Crippen MR) is 131 cm³/mol. The monoisotopic (exact) mass is 524 g/mol. The summed E-state index contributed by atoms with van der Waals surface area (Å²) in [7, 11) is 0. The largest absolute Gasteiger partial charge is 0.507 e. The smallest absolute Gasteiger partial charge is 0.295 e. The summed E-state index contributed by atoms with van der Waals surface area (Å²) in [5.41, 5.74) is 1.33. The van der Waals surface area contributed by atoms with Crippen LogP contribution in [0.2, 0.25) is 0 Å². The molecule has 1 unspecified atom stereocenters. The van der Waals surface area contributed by atoms with Crippen molar-refractivity contribution in [3.63, 3.8) is 0 Å². The van der Waals surface area contributed by atoms with Crippen LogP contribution in [0.4, 0.5) is 0 Å². The highest BCUT2D eigenvalue weighted by atomic mass is 79.9. The first-order valence-corrected chi connectivity index (χ1v) is 12.1. The number of Topliss-reactive ketones (excluding diaryl/α,β-unsaturated/α-hetero) is 1. The molecule has 3 aromatic rings. The van der Waals surface area contributed by atoms with Gasteiger partial charge in [0.25, 0.3) is 11.7 Å². The van der Waals surface area contributed by atoms with E-state index in [4.69, 9.17) is 4.74 Å². The second-order valence-electron chi connectivity index (χ2n) is 8.12. The van der Waals surface area contributed by atoms with E-state index in [0.29, 0.717) is 31.7 Å². The van der Waals surface area contributed by atoms with E-state index in [-0.39, 0.29) is 11.3 Å². The number of H-pyrrole nitrogens is 1. The highest BCUT2D eigenvalue weighted by molar-refractivity contribution is 9.10. The number of carbonyl (C=O) groups excluding carboxylic acids is 2. The molecule has 34 heavy (non-hydrogen) atoms. The summed E-state index contributed by atoms with van der Waals surface area (Å²) in [6.07, 6.45) is 7.13. The zero-order valence-electron chi connectivity index (χ0n) is 18.9. The number of aromatic nitrogens is 2. The number of ketones is 1. The van der Waals surface area contributed by atoms with E-state index in [2.05, 4.69) is 20.9 Å². The summed E-state index contributed by atoms with van der Waals surface area (Å²) >= 11 is 3.38. The Morgan fingerprint density at radius 1 is 1.15 bits per heavy atom. The molecule has 0 bridgehead atoms. The first-order valence-electron chi connectivity index (χ1n) is 11.3. The van der Waals surface area contributed by atoms with Crippen LogP contribution in [0.1, 0.15) is 36.9 Å². The summed E-state index contributed by atoms with van der Waals surface area (Å²) in [4.78, 5) is 30.8. The van der Waals surface area contributed by atoms with Gasteiger partial charge in [-0.05, 0) is 36.2 Å². The normalized spacial score (nSPS) is 17.4. The number of rotatable bonds is 9. The number of likely N-dealkylation sites (tertiary alicyclic amines) is 1. The van der Waals surface area contributed by atoms with Gasteiger partial charge in [0.15, 0.2) is 0 Å². The topological polar surface area (TPSA) is 86.5 Å². The van der Waals surface area contributed by atoms with Crippen LogP contribution in [0.25, 0.3) is 5.76 Å². The van der Waals surface area contributed by atoms with Crippen LogP contribution >= 0.6 is 15.9 Å². The van der Waals surface area contributed by atoms with Gasteiger partial charge in [0.2, 0.25) is 6.33 Å². The SMILES string of the molecule is CCCOc1ccc(C2C(=C(O)c3ccc(Br)cc3)C(=O)C(=O)N2CCC[n+]2cc[nH]c2)cc1. The van der Waals surface area contributed by atoms with Crippen LogP contribution in [0.3, 0.4) is 0 Å². The second kappa shape index (κ2) is 10.7. The Morgan fingerprint density at radius 3 is 2.53 bits per heavy atom. The molecule has 1 aliphatic rings. The highest BCUT2D eigenvalue weighted by Gasteiger charge is 2.45. The summed E-state index contributed by atoms with van der Waals surface area (Å²) in [5.74, 6) is -0.732. The third-order valence-electron chi connectivity index (χ3n) is 5.74. The Balaban J connectivity index is 1.69. The van der Waals surface area contributed by atoms with Crippen LogP contribution in [0, 0.1) is 0 Å². The minimum atomic E-state index is -0.680. The summed E-state index contributed by atoms with van der Waals surface area (Å²) in [5, 5.41) is 11.1. The van der Waals surface area contributed by atoms with Crippen molar-refractivity contribution in [1.29, 1.82) is 0 Å². The van der Waals surface area contributed by atoms with E-state index in [9.17, 15) is 14.7 Å². The Morgan fingerprint density at radius 2 is 1.88 bits per heavy atom. The Hall–Kier alpha value is -3.39. The number of carbonyl (C=O) groups is 2. The number of hydrogen-bond donors (Lipinski definition) is 2. The first-order chi connectivity index (χ1) is 16.5. The van der Waals surface area contributed by atoms with Crippen LogP contribution < -0.4 is 9.30 Å². The number of hydrogen-bond acceptors (Lipinski definition) is 4. The second-order valence-corrected chi connectivity index (χ2v) is 9.04. The van der Waals surface area contributed by atoms with Gasteiger partial charge in [0, 0.05) is 23.0 Å². The van der Waals surface area contributed by atoms with Crippen molar-refractivity contribution >= 4 is 33.4 Å². The lowest BCUT2D eigenvalue weighted by Crippen LogP contribution is -2.36. The number of nitrogens with zero attached hydrogens (tertiary/aromatic N) is 2. The summed E-state index contributed by atoms with van der Waals surface area (Å²) in [6.45, 7) is 3.71. The fourth-order valence-electron chi connectivity index (χ4n) is 4.07. The van der Waals surface area contributed by atoms with Crippen molar-refractivity contribution in [2.45, 2.75) is 32.4 Å². The molecule has 1 aromatic heterocycles. The van der Waals surface area contributed by atoms with E-state index in [1.165, 1.54) is 0 Å². The number of aliphatic hydroxyl groups is 1. The molecule has 0 aliphatic carbocycles. The molecule has 0 saturated carbocycles. The van der Waals surface area contributed by atoms with Crippen molar-refractivity contribution in [1.82, 2.24) is 9.88 Å². The zero-order valence-corrected chi connectivity index (χ0v) is 20.5. The van der Waals surface area contributed by atoms with Gasteiger partial charge in [-0.1, -0.05) is 47.1 Å². The third kappa shape index (κ3) is 5.07. The van der Waals surface area contributed by atoms with E-state index < -0.39 is 17.7 Å². The molecule has 2 aromatic carbocycles. The number of amides is 1. The lowest BCUT2D eigenvalue weighted by molar-refractivity contribution is -0.695. The average Bonchev–Trinajstić information content (AvgIpc) is 3.45. The van der Waals surface area contributed by atoms with Crippen LogP contribution in [-0.4, -0.2) is 39.8 Å². The van der Waals surface area contributed by atoms with Gasteiger partial charge in [-0.2, -0.15) is 0 Å². The third-order valence-corrected chi connectivity index (χ3v) is 6.27. The van der Waals surface area contributed by atoms with Gasteiger partial charge >= 0.3 is 0 Å². The Kier molecular flexibility index (Phi) is 7.47. The summed E-state index contributed by atoms with van der Waals surface area (Å²) < 4.78 is 8.52. The molecule has 1 fully saturated rings. The summed E-state index contributed by atoms with van der Waals surface area (Å²) in [6, 6.07) is 13.7. The quantitative estimate of drug-likeness (QED) is 0.188. The number of halogens is 1. The van der Waals surface area contributed by atoms with Gasteiger partial charge in [-0.15, -0.1) is 0 Å². The molecule has 2 heterocycles. The molecular formula is C26H27BrN3O4+. The van der Waals surface area contributed by atoms with E-state index in [1.807, 2.05) is 54.5 Å². The standard InChI is InChI=1S/C26H26BrN3O4/c1-2-16-34-21-10-6-18(7-11-21)23-22(24(31)19-4-8-20(27)9-5-19)25(32)26(33)30(23)14-3-13-29-15-12-28-17-29/h4-12,15,17,23H,2-3,13-14,16H2,1H3,(H,31,32)/p+1. The molecular weight excluding hydrogens is 498 g/mol. The fraction of sp³-hybridized carbons (Fsp3) is 0.269. The van der Waals surface area contributed by atoms with Crippen molar-refractivity contribution < 1.29 is 24.0 Å². The molecule has 2 N–H and O–H groups in total. The molecule has 1 atom stereocenters. The van der Waals surface area contributed by atoms with Crippen LogP contribution in [0.5, 0.6) is 5.75 Å². The van der Waals surface area contributed by atoms with Crippen molar-refractivity contribution in [3.8, 4) is 5.75 Å². The van der Waals surface area contributed by atoms with Gasteiger partial charge in [0.1, 0.15) is 23.9 Å². The minimum absolute atomic E-state index is 0.101. The highest BCUT2D eigenvalue weighted by Crippen LogP contribution is 2.40. The Labute approximate surface area is 206 Å². The van der Waals surface area contributed by atoms with Gasteiger partial charge in [-0.3, -0.25) is 14.6 Å². The van der Waals surface area contributed by atoms with Crippen LogP contribution in [-0.2, 0) is 16.1 Å². The Bertz CT molecular complexity index is 1170. The molecule has 0 spiro atoms. The number of benzene rings is 2. The van der Waals surface area contributed by atoms with Crippen molar-refractivity contribution in [2.24, 2.45) is 0 Å². The molecule has 176 valence electrons. The molecule has 1 amide bonds. The van der Waals surface area contributed by atoms with Crippen molar-refractivity contribution in [2.75, 3.05) is 13.2 Å². The average molecular weight is 525 g/mol. The van der Waals surface area contributed by atoms with Gasteiger partial charge < -0.3 is 14.7 Å². The maximum atomic E-state index is 13.1. The fourth-order valence-corrected chi connectivity index (χ4v) is 4.33. The molecule has 8 heteroatoms. The van der Waals surface area contributed by atoms with E-state index in [0.717, 1.165) is 22.2 Å². The zero-order chi connectivity index (χ0) is 24.1. The number of aryl methyl sites for hydroxylation is 1. The van der Waals surface area contributed by atoms with E-state index >= 15 is 0 Å². The molecule has 1 saturated heterocycles. The van der Waals surface area contributed by atoms with E-state index in [1.54, 1.807) is 29.2 Å². The minimum Gasteiger partial charge on any atom is -0.507 e. The lowest BCUT2D eigenvalue weighted by atomic mass is 9.95. The lowest BCUT2D eigenvalue weighted by Gasteiger charge is -2.25. The molecule has 4 rings (SSSR count). The number of ether oxygens (including phenoxy) is 1. The maximum absolute atomic E-state index is 13.1. The van der Waals surface area contributed by atoms with Gasteiger partial charge in [0.05, 0.1) is 24.8 Å². The first kappa shape index (κ1) is 23.8. The van der Waals surface area contributed by atoms with Gasteiger partial charge in [-0.25, -0.2) is 4.57 Å². The van der Waals surface area contributed by atoms with Crippen molar-refractivity contribution in [3.05, 3.63) is 88.4 Å². The maximum Gasteiger partial charge on any atom is 0.295 e. The number of imidazole rings is 1. The number of nitrogens with one attached hydrogen (secondary N) is 1.